The molecule has 0 aliphatic rings. The standard InChI is InChI=1S/C6H18N4O3Si2/c1-14(2,3)13-15(4,9-5(7)11)10-6(8)12/h1-4H3,(H3,7,9,11)(H3,8,10,12). The van der Waals surface area contributed by atoms with Gasteiger partial charge in [-0.1, -0.05) is 0 Å². The highest BCUT2D eigenvalue weighted by molar-refractivity contribution is 6.84. The molecule has 0 aromatic heterocycles. The highest BCUT2D eigenvalue weighted by atomic mass is 28.4. The summed E-state index contributed by atoms with van der Waals surface area (Å²) in [6, 6.07) is -1.48. The minimum atomic E-state index is -2.90. The summed E-state index contributed by atoms with van der Waals surface area (Å²) in [5.41, 5.74) is 10.0. The Morgan fingerprint density at radius 3 is 1.53 bits per heavy atom. The molecule has 88 valence electrons. The fourth-order valence-corrected chi connectivity index (χ4v) is 7.47. The Hall–Kier alpha value is -1.07. The molecule has 0 rings (SSSR count). The van der Waals surface area contributed by atoms with Crippen molar-refractivity contribution >= 4 is 29.0 Å². The van der Waals surface area contributed by atoms with E-state index < -0.39 is 29.0 Å². The van der Waals surface area contributed by atoms with Crippen LogP contribution in [0.3, 0.4) is 0 Å². The second-order valence-corrected chi connectivity index (χ2v) is 11.8. The van der Waals surface area contributed by atoms with Crippen LogP contribution in [0.25, 0.3) is 0 Å². The maximum atomic E-state index is 10.8. The molecule has 0 saturated heterocycles. The Morgan fingerprint density at radius 1 is 1.00 bits per heavy atom. The number of carbonyl (C=O) groups is 2. The number of primary amides is 2. The number of carbonyl (C=O) groups excluding carboxylic acids is 2. The lowest BCUT2D eigenvalue weighted by atomic mass is 11.2. The van der Waals surface area contributed by atoms with Crippen molar-refractivity contribution in [3.8, 4) is 0 Å². The minimum absolute atomic E-state index is 0.740. The summed E-state index contributed by atoms with van der Waals surface area (Å²) in [6.07, 6.45) is 0. The first-order valence-corrected chi connectivity index (χ1v) is 10.2. The maximum absolute atomic E-state index is 10.8. The zero-order valence-electron chi connectivity index (χ0n) is 9.38. The molecule has 4 amide bonds. The quantitative estimate of drug-likeness (QED) is 0.515. The maximum Gasteiger partial charge on any atom is 0.407 e. The molecule has 0 aliphatic carbocycles. The van der Waals surface area contributed by atoms with Crippen molar-refractivity contribution in [2.75, 3.05) is 0 Å². The van der Waals surface area contributed by atoms with Crippen LogP contribution in [0, 0.1) is 0 Å². The average Bonchev–Trinajstić information content (AvgIpc) is 1.73. The van der Waals surface area contributed by atoms with E-state index in [1.165, 1.54) is 0 Å². The van der Waals surface area contributed by atoms with Crippen LogP contribution < -0.4 is 21.4 Å². The Labute approximate surface area is 90.9 Å². The van der Waals surface area contributed by atoms with Gasteiger partial charge in [0.15, 0.2) is 8.32 Å². The number of hydrogen-bond donors (Lipinski definition) is 4. The van der Waals surface area contributed by atoms with Gasteiger partial charge in [-0.15, -0.1) is 0 Å². The van der Waals surface area contributed by atoms with Crippen molar-refractivity contribution in [1.29, 1.82) is 0 Å². The summed E-state index contributed by atoms with van der Waals surface area (Å²) >= 11 is 0. The van der Waals surface area contributed by atoms with Crippen LogP contribution in [0.1, 0.15) is 0 Å². The van der Waals surface area contributed by atoms with Gasteiger partial charge in [0, 0.05) is 0 Å². The van der Waals surface area contributed by atoms with Gasteiger partial charge >= 0.3 is 20.7 Å². The van der Waals surface area contributed by atoms with Gasteiger partial charge < -0.3 is 25.5 Å². The zero-order valence-corrected chi connectivity index (χ0v) is 11.4. The molecule has 0 spiro atoms. The lowest BCUT2D eigenvalue weighted by Crippen LogP contribution is -2.70. The fraction of sp³-hybridized carbons (Fsp3) is 0.667. The number of amides is 4. The SMILES string of the molecule is C[Si](C)(C)O[Si](C)(NC(N)=O)NC(N)=O. The van der Waals surface area contributed by atoms with E-state index in [2.05, 4.69) is 9.96 Å². The van der Waals surface area contributed by atoms with Crippen LogP contribution in [0.15, 0.2) is 0 Å². The van der Waals surface area contributed by atoms with Crippen molar-refractivity contribution in [3.63, 3.8) is 0 Å². The largest absolute Gasteiger partial charge is 0.425 e. The third kappa shape index (κ3) is 6.93. The molecule has 7 nitrogen and oxygen atoms in total. The van der Waals surface area contributed by atoms with E-state index in [0.29, 0.717) is 0 Å². The first kappa shape index (κ1) is 13.9. The molecule has 0 saturated carbocycles. The molecule has 15 heavy (non-hydrogen) atoms. The molecule has 0 bridgehead atoms. The first-order valence-electron chi connectivity index (χ1n) is 4.39. The number of rotatable bonds is 4. The van der Waals surface area contributed by atoms with E-state index in [4.69, 9.17) is 15.6 Å². The van der Waals surface area contributed by atoms with E-state index in [0.717, 1.165) is 0 Å². The molecule has 6 N–H and O–H groups in total. The van der Waals surface area contributed by atoms with Gasteiger partial charge in [0.2, 0.25) is 0 Å². The van der Waals surface area contributed by atoms with Gasteiger partial charge in [0.25, 0.3) is 0 Å². The number of hydrogen-bond acceptors (Lipinski definition) is 3. The molecule has 9 heteroatoms. The normalized spacial score (nSPS) is 12.0. The Kier molecular flexibility index (Phi) is 4.31. The van der Waals surface area contributed by atoms with Crippen LogP contribution in [-0.4, -0.2) is 29.0 Å². The van der Waals surface area contributed by atoms with Crippen LogP contribution in [0.2, 0.25) is 26.2 Å². The first-order chi connectivity index (χ1) is 6.54. The van der Waals surface area contributed by atoms with Crippen molar-refractivity contribution in [2.45, 2.75) is 26.2 Å². The summed E-state index contributed by atoms with van der Waals surface area (Å²) in [5.74, 6) is 0. The molecule has 0 fully saturated rings. The fourth-order valence-electron chi connectivity index (χ4n) is 1.16. The summed E-state index contributed by atoms with van der Waals surface area (Å²) in [5, 5.41) is 0. The number of nitrogens with one attached hydrogen (secondary N) is 2. The smallest absolute Gasteiger partial charge is 0.407 e. The molecule has 0 unspecified atom stereocenters. The van der Waals surface area contributed by atoms with Gasteiger partial charge in [0.05, 0.1) is 0 Å². The van der Waals surface area contributed by atoms with Crippen molar-refractivity contribution < 1.29 is 13.7 Å². The van der Waals surface area contributed by atoms with Crippen molar-refractivity contribution in [1.82, 2.24) is 9.96 Å². The monoisotopic (exact) mass is 250 g/mol. The van der Waals surface area contributed by atoms with Gasteiger partial charge in [0.1, 0.15) is 0 Å². The average molecular weight is 250 g/mol. The summed E-state index contributed by atoms with van der Waals surface area (Å²) in [4.78, 5) is 26.4. The second kappa shape index (κ2) is 4.64. The Morgan fingerprint density at radius 2 is 1.33 bits per heavy atom. The zero-order chi connectivity index (χ0) is 12.3. The van der Waals surface area contributed by atoms with Gasteiger partial charge in [-0.25, -0.2) is 9.59 Å². The topological polar surface area (TPSA) is 119 Å². The predicted molar refractivity (Wildman–Crippen MR) is 61.5 cm³/mol. The van der Waals surface area contributed by atoms with Gasteiger partial charge in [-0.2, -0.15) is 0 Å². The van der Waals surface area contributed by atoms with Crippen molar-refractivity contribution in [3.05, 3.63) is 0 Å². The highest BCUT2D eigenvalue weighted by Crippen LogP contribution is 2.09. The minimum Gasteiger partial charge on any atom is -0.425 e. The van der Waals surface area contributed by atoms with Gasteiger partial charge in [-0.05, 0) is 26.2 Å². The molecular formula is C6H18N4O3Si2. The van der Waals surface area contributed by atoms with Crippen LogP contribution in [0.5, 0.6) is 0 Å². The molecule has 0 aromatic carbocycles. The molecule has 0 heterocycles. The molecule has 0 radical (unpaired) electrons. The molecule has 0 aromatic rings. The predicted octanol–water partition coefficient (Wildman–Crippen LogP) is -0.257. The summed E-state index contributed by atoms with van der Waals surface area (Å²) in [7, 11) is -4.80. The molecular weight excluding hydrogens is 232 g/mol. The van der Waals surface area contributed by atoms with E-state index in [1.54, 1.807) is 6.55 Å². The Balaban J connectivity index is 4.69. The van der Waals surface area contributed by atoms with Crippen molar-refractivity contribution in [2.24, 2.45) is 11.5 Å². The highest BCUT2D eigenvalue weighted by Gasteiger charge is 2.38. The van der Waals surface area contributed by atoms with Gasteiger partial charge in [-0.3, -0.25) is 0 Å². The lowest BCUT2D eigenvalue weighted by molar-refractivity contribution is 0.249. The molecule has 0 aliphatic heterocycles. The van der Waals surface area contributed by atoms with Crippen LogP contribution in [0.4, 0.5) is 9.59 Å². The molecule has 0 atom stereocenters. The lowest BCUT2D eigenvalue weighted by Gasteiger charge is -2.33. The van der Waals surface area contributed by atoms with E-state index in [1.807, 2.05) is 19.6 Å². The summed E-state index contributed by atoms with van der Waals surface area (Å²) in [6.45, 7) is 7.41. The number of urea groups is 2. The van der Waals surface area contributed by atoms with E-state index in [-0.39, 0.29) is 0 Å². The second-order valence-electron chi connectivity index (χ2n) is 4.23. The summed E-state index contributed by atoms with van der Waals surface area (Å²) < 4.78 is 5.70. The number of nitrogens with two attached hydrogens (primary N) is 2. The van der Waals surface area contributed by atoms with E-state index >= 15 is 0 Å². The van der Waals surface area contributed by atoms with E-state index in [9.17, 15) is 9.59 Å². The third-order valence-electron chi connectivity index (χ3n) is 1.23. The van der Waals surface area contributed by atoms with Crippen LogP contribution >= 0.6 is 0 Å². The Bertz CT molecular complexity index is 250. The van der Waals surface area contributed by atoms with Crippen LogP contribution in [-0.2, 0) is 4.12 Å². The third-order valence-corrected chi connectivity index (χ3v) is 6.76.